The summed E-state index contributed by atoms with van der Waals surface area (Å²) in [5.74, 6) is 1.99. The van der Waals surface area contributed by atoms with Crippen molar-refractivity contribution in [2.45, 2.75) is 25.3 Å². The average Bonchev–Trinajstić information content (AvgIpc) is 2.84. The maximum atomic E-state index is 4.05. The van der Waals surface area contributed by atoms with Gasteiger partial charge in [0.15, 0.2) is 0 Å². The normalized spacial score (nSPS) is 29.0. The summed E-state index contributed by atoms with van der Waals surface area (Å²) in [6, 6.07) is 9.36. The molecule has 1 heterocycles. The van der Waals surface area contributed by atoms with Crippen molar-refractivity contribution in [3.05, 3.63) is 36.8 Å². The lowest BCUT2D eigenvalue weighted by Gasteiger charge is -2.15. The predicted octanol–water partition coefficient (Wildman–Crippen LogP) is 3.29. The summed E-state index contributed by atoms with van der Waals surface area (Å²) in [6.45, 7) is 0. The Labute approximate surface area is 107 Å². The van der Waals surface area contributed by atoms with E-state index >= 15 is 0 Å². The number of benzene rings is 1. The van der Waals surface area contributed by atoms with Crippen LogP contribution >= 0.6 is 0 Å². The molecule has 3 atom stereocenters. The van der Waals surface area contributed by atoms with E-state index < -0.39 is 0 Å². The van der Waals surface area contributed by atoms with Crippen molar-refractivity contribution in [3.8, 4) is 11.3 Å². The summed E-state index contributed by atoms with van der Waals surface area (Å²) in [4.78, 5) is 7.18. The van der Waals surface area contributed by atoms with Crippen LogP contribution in [0.3, 0.4) is 0 Å². The second-order valence-electron chi connectivity index (χ2n) is 5.53. The first-order valence-corrected chi connectivity index (χ1v) is 6.75. The molecule has 2 aromatic rings. The second-order valence-corrected chi connectivity index (χ2v) is 5.53. The number of hydrogen-bond donors (Lipinski definition) is 2. The molecule has 92 valence electrons. The number of nitrogens with one attached hydrogen (secondary N) is 2. The van der Waals surface area contributed by atoms with E-state index in [1.165, 1.54) is 30.5 Å². The Morgan fingerprint density at radius 1 is 1.17 bits per heavy atom. The maximum Gasteiger partial charge on any atom is 0.0924 e. The number of rotatable bonds is 3. The van der Waals surface area contributed by atoms with E-state index in [1.54, 1.807) is 6.33 Å². The lowest BCUT2D eigenvalue weighted by molar-refractivity contribution is 0.654. The molecule has 0 radical (unpaired) electrons. The molecular formula is C15H17N3. The van der Waals surface area contributed by atoms with Gasteiger partial charge in [-0.15, -0.1) is 0 Å². The highest BCUT2D eigenvalue weighted by Crippen LogP contribution is 2.52. The molecule has 1 unspecified atom stereocenters. The zero-order valence-corrected chi connectivity index (χ0v) is 10.3. The quantitative estimate of drug-likeness (QED) is 0.863. The Kier molecular flexibility index (Phi) is 2.19. The zero-order valence-electron chi connectivity index (χ0n) is 10.3. The molecule has 1 aromatic heterocycles. The zero-order chi connectivity index (χ0) is 11.9. The molecule has 2 saturated carbocycles. The van der Waals surface area contributed by atoms with Crippen LogP contribution in [-0.4, -0.2) is 16.0 Å². The lowest BCUT2D eigenvalue weighted by atomic mass is 10.1. The SMILES string of the molecule is c1ncc(-c2ccc(NC3CC[C@H]4C[C@@H]34)cc2)[nH]1. The Balaban J connectivity index is 1.49. The Morgan fingerprint density at radius 2 is 2.06 bits per heavy atom. The Hall–Kier alpha value is -1.77. The number of H-pyrrole nitrogens is 1. The average molecular weight is 239 g/mol. The van der Waals surface area contributed by atoms with Gasteiger partial charge in [0.05, 0.1) is 18.2 Å². The van der Waals surface area contributed by atoms with Gasteiger partial charge in [0.25, 0.3) is 0 Å². The molecule has 2 aliphatic carbocycles. The first-order chi connectivity index (χ1) is 8.90. The molecule has 3 heteroatoms. The molecule has 4 rings (SSSR count). The molecule has 0 bridgehead atoms. The summed E-state index contributed by atoms with van der Waals surface area (Å²) in [5.41, 5.74) is 3.51. The van der Waals surface area contributed by atoms with Gasteiger partial charge in [-0.2, -0.15) is 0 Å². The summed E-state index contributed by atoms with van der Waals surface area (Å²) in [6.07, 6.45) is 7.79. The fourth-order valence-electron chi connectivity index (χ4n) is 3.26. The van der Waals surface area contributed by atoms with Gasteiger partial charge in [0.1, 0.15) is 0 Å². The third-order valence-electron chi connectivity index (χ3n) is 4.39. The van der Waals surface area contributed by atoms with E-state index in [9.17, 15) is 0 Å². The molecule has 0 spiro atoms. The first kappa shape index (κ1) is 10.2. The Morgan fingerprint density at radius 3 is 2.67 bits per heavy atom. The first-order valence-electron chi connectivity index (χ1n) is 6.75. The lowest BCUT2D eigenvalue weighted by Crippen LogP contribution is -2.18. The highest BCUT2D eigenvalue weighted by Gasteiger charge is 2.47. The van der Waals surface area contributed by atoms with Crippen molar-refractivity contribution in [2.75, 3.05) is 5.32 Å². The van der Waals surface area contributed by atoms with Gasteiger partial charge >= 0.3 is 0 Å². The number of imidazole rings is 1. The van der Waals surface area contributed by atoms with E-state index in [1.807, 2.05) is 6.20 Å². The fraction of sp³-hybridized carbons (Fsp3) is 0.400. The molecule has 18 heavy (non-hydrogen) atoms. The van der Waals surface area contributed by atoms with Gasteiger partial charge in [-0.05, 0) is 48.8 Å². The molecular weight excluding hydrogens is 222 g/mol. The summed E-state index contributed by atoms with van der Waals surface area (Å²) < 4.78 is 0. The highest BCUT2D eigenvalue weighted by molar-refractivity contribution is 5.62. The van der Waals surface area contributed by atoms with Crippen LogP contribution in [0.5, 0.6) is 0 Å². The summed E-state index contributed by atoms with van der Waals surface area (Å²) in [5, 5.41) is 3.68. The molecule has 0 amide bonds. The number of hydrogen-bond acceptors (Lipinski definition) is 2. The molecule has 2 N–H and O–H groups in total. The van der Waals surface area contributed by atoms with Crippen LogP contribution in [0.25, 0.3) is 11.3 Å². The van der Waals surface area contributed by atoms with E-state index in [0.29, 0.717) is 6.04 Å². The van der Waals surface area contributed by atoms with Crippen LogP contribution in [0, 0.1) is 11.8 Å². The highest BCUT2D eigenvalue weighted by atomic mass is 15.0. The molecule has 0 aliphatic heterocycles. The van der Waals surface area contributed by atoms with Crippen LogP contribution in [0.4, 0.5) is 5.69 Å². The van der Waals surface area contributed by atoms with E-state index in [-0.39, 0.29) is 0 Å². The number of nitrogens with zero attached hydrogens (tertiary/aromatic N) is 1. The minimum absolute atomic E-state index is 0.716. The largest absolute Gasteiger partial charge is 0.382 e. The third-order valence-corrected chi connectivity index (χ3v) is 4.39. The third kappa shape index (κ3) is 1.70. The molecule has 2 aliphatic rings. The molecule has 0 saturated heterocycles. The van der Waals surface area contributed by atoms with Gasteiger partial charge in [-0.1, -0.05) is 12.1 Å². The topological polar surface area (TPSA) is 40.7 Å². The van der Waals surface area contributed by atoms with E-state index in [0.717, 1.165) is 17.5 Å². The monoisotopic (exact) mass is 239 g/mol. The summed E-state index contributed by atoms with van der Waals surface area (Å²) >= 11 is 0. The van der Waals surface area contributed by atoms with Crippen molar-refractivity contribution in [1.82, 2.24) is 9.97 Å². The van der Waals surface area contributed by atoms with Crippen LogP contribution < -0.4 is 5.32 Å². The van der Waals surface area contributed by atoms with Crippen molar-refractivity contribution in [1.29, 1.82) is 0 Å². The number of aromatic amines is 1. The predicted molar refractivity (Wildman–Crippen MR) is 72.3 cm³/mol. The number of aromatic nitrogens is 2. The van der Waals surface area contributed by atoms with Gasteiger partial charge < -0.3 is 10.3 Å². The molecule has 1 aromatic carbocycles. The second kappa shape index (κ2) is 3.87. The maximum absolute atomic E-state index is 4.05. The Bertz CT molecular complexity index is 529. The van der Waals surface area contributed by atoms with Gasteiger partial charge in [-0.25, -0.2) is 4.98 Å². The summed E-state index contributed by atoms with van der Waals surface area (Å²) in [7, 11) is 0. The standard InChI is InChI=1S/C15H17N3/c1-4-12(18-14-6-3-11-7-13(11)14)5-2-10(1)15-8-16-9-17-15/h1-2,4-5,8-9,11,13-14,18H,3,6-7H2,(H,16,17)/t11-,13+,14?/m0/s1. The van der Waals surface area contributed by atoms with Gasteiger partial charge in [0, 0.05) is 11.7 Å². The van der Waals surface area contributed by atoms with E-state index in [2.05, 4.69) is 39.6 Å². The molecule has 3 nitrogen and oxygen atoms in total. The number of anilines is 1. The van der Waals surface area contributed by atoms with Gasteiger partial charge in [0.2, 0.25) is 0 Å². The minimum Gasteiger partial charge on any atom is -0.382 e. The van der Waals surface area contributed by atoms with Crippen LogP contribution in [-0.2, 0) is 0 Å². The fourth-order valence-corrected chi connectivity index (χ4v) is 3.26. The van der Waals surface area contributed by atoms with Gasteiger partial charge in [-0.3, -0.25) is 0 Å². The van der Waals surface area contributed by atoms with E-state index in [4.69, 9.17) is 0 Å². The van der Waals surface area contributed by atoms with Crippen molar-refractivity contribution in [2.24, 2.45) is 11.8 Å². The van der Waals surface area contributed by atoms with Crippen LogP contribution in [0.2, 0.25) is 0 Å². The van der Waals surface area contributed by atoms with Crippen molar-refractivity contribution < 1.29 is 0 Å². The molecule has 2 fully saturated rings. The van der Waals surface area contributed by atoms with Crippen LogP contribution in [0.15, 0.2) is 36.8 Å². The van der Waals surface area contributed by atoms with Crippen LogP contribution in [0.1, 0.15) is 19.3 Å². The van der Waals surface area contributed by atoms with Crippen molar-refractivity contribution in [3.63, 3.8) is 0 Å². The number of fused-ring (bicyclic) bond motifs is 1. The van der Waals surface area contributed by atoms with Crippen molar-refractivity contribution >= 4 is 5.69 Å². The smallest absolute Gasteiger partial charge is 0.0924 e. The minimum atomic E-state index is 0.716.